The molecule has 0 radical (unpaired) electrons. The first-order valence-electron chi connectivity index (χ1n) is 12.2. The maximum absolute atomic E-state index is 12.7. The Kier molecular flexibility index (Phi) is 7.86. The Hall–Kier alpha value is -3.74. The first kappa shape index (κ1) is 27.3. The number of nitrogens with zero attached hydrogens (tertiary/aromatic N) is 3. The zero-order valence-electron chi connectivity index (χ0n) is 21.8. The van der Waals surface area contributed by atoms with Gasteiger partial charge in [0.05, 0.1) is 10.9 Å². The number of hydrogen-bond acceptors (Lipinski definition) is 8. The van der Waals surface area contributed by atoms with E-state index in [0.717, 1.165) is 16.8 Å². The third kappa shape index (κ3) is 6.77. The van der Waals surface area contributed by atoms with Crippen LogP contribution in [0.5, 0.6) is 0 Å². The van der Waals surface area contributed by atoms with Crippen LogP contribution in [0.3, 0.4) is 0 Å². The smallest absolute Gasteiger partial charge is 0.407 e. The van der Waals surface area contributed by atoms with Crippen molar-refractivity contribution >= 4 is 39.3 Å². The summed E-state index contributed by atoms with van der Waals surface area (Å²) in [5.41, 5.74) is 2.39. The van der Waals surface area contributed by atoms with Crippen LogP contribution >= 0.6 is 0 Å². The predicted octanol–water partition coefficient (Wildman–Crippen LogP) is 3.97. The summed E-state index contributed by atoms with van der Waals surface area (Å²) in [6.07, 6.45) is 0.743. The van der Waals surface area contributed by atoms with E-state index in [2.05, 4.69) is 30.6 Å². The normalized spacial score (nSPS) is 16.2. The highest BCUT2D eigenvalue weighted by molar-refractivity contribution is 7.89. The number of hydrogen-bond donors (Lipinski definition) is 5. The highest BCUT2D eigenvalue weighted by Gasteiger charge is 2.27. The van der Waals surface area contributed by atoms with Gasteiger partial charge in [-0.3, -0.25) is 4.90 Å². The van der Waals surface area contributed by atoms with E-state index in [4.69, 9.17) is 0 Å². The Labute approximate surface area is 222 Å². The van der Waals surface area contributed by atoms with Crippen molar-refractivity contribution in [2.24, 2.45) is 0 Å². The minimum absolute atomic E-state index is 0.150. The Morgan fingerprint density at radius 2 is 1.84 bits per heavy atom. The second-order valence-corrected chi connectivity index (χ2v) is 11.9. The fourth-order valence-electron chi connectivity index (χ4n) is 4.12. The van der Waals surface area contributed by atoms with Gasteiger partial charge < -0.3 is 21.1 Å². The molecule has 38 heavy (non-hydrogen) atoms. The van der Waals surface area contributed by atoms with E-state index < -0.39 is 21.7 Å². The largest absolute Gasteiger partial charge is 0.465 e. The lowest BCUT2D eigenvalue weighted by molar-refractivity contribution is 0.112. The summed E-state index contributed by atoms with van der Waals surface area (Å²) < 4.78 is 28.1. The SMILES string of the molecule is Cc1cnc(Nc2ccc(C3CNCCN3C(=O)O)cc2)nc1Nc1cccc(S(=O)(=O)NC(C)(C)C)c1. The van der Waals surface area contributed by atoms with E-state index in [-0.39, 0.29) is 10.9 Å². The number of amides is 1. The molecule has 1 atom stereocenters. The number of aromatic nitrogens is 2. The quantitative estimate of drug-likeness (QED) is 0.301. The van der Waals surface area contributed by atoms with Gasteiger partial charge in [-0.25, -0.2) is 22.9 Å². The Morgan fingerprint density at radius 3 is 2.53 bits per heavy atom. The average molecular weight is 540 g/mol. The van der Waals surface area contributed by atoms with E-state index in [1.165, 1.54) is 4.90 Å². The van der Waals surface area contributed by atoms with E-state index in [1.807, 2.05) is 31.2 Å². The maximum atomic E-state index is 12.7. The van der Waals surface area contributed by atoms with Crippen LogP contribution in [0.2, 0.25) is 0 Å². The van der Waals surface area contributed by atoms with E-state index in [9.17, 15) is 18.3 Å². The minimum Gasteiger partial charge on any atom is -0.465 e. The molecule has 4 rings (SSSR count). The van der Waals surface area contributed by atoms with Gasteiger partial charge in [0, 0.05) is 48.3 Å². The maximum Gasteiger partial charge on any atom is 0.407 e. The Bertz CT molecular complexity index is 1410. The van der Waals surface area contributed by atoms with Gasteiger partial charge in [-0.05, 0) is 63.6 Å². The first-order valence-corrected chi connectivity index (χ1v) is 13.7. The zero-order valence-corrected chi connectivity index (χ0v) is 22.6. The van der Waals surface area contributed by atoms with Crippen molar-refractivity contribution in [3.63, 3.8) is 0 Å². The molecule has 1 aromatic heterocycles. The third-order valence-corrected chi connectivity index (χ3v) is 7.62. The number of aryl methyl sites for hydroxylation is 1. The van der Waals surface area contributed by atoms with Crippen LogP contribution in [-0.2, 0) is 10.0 Å². The van der Waals surface area contributed by atoms with Crippen LogP contribution in [0.15, 0.2) is 59.6 Å². The number of piperazine rings is 1. The lowest BCUT2D eigenvalue weighted by Gasteiger charge is -2.34. The molecular formula is C26H33N7O4S. The summed E-state index contributed by atoms with van der Waals surface area (Å²) in [7, 11) is -3.69. The van der Waals surface area contributed by atoms with Gasteiger partial charge in [-0.15, -0.1) is 0 Å². The molecule has 5 N–H and O–H groups in total. The molecule has 3 aromatic rings. The van der Waals surface area contributed by atoms with Crippen LogP contribution in [0, 0.1) is 6.92 Å². The van der Waals surface area contributed by atoms with Crippen LogP contribution in [0.1, 0.15) is 37.9 Å². The molecule has 1 amide bonds. The molecule has 202 valence electrons. The van der Waals surface area contributed by atoms with Crippen molar-refractivity contribution in [3.8, 4) is 0 Å². The second-order valence-electron chi connectivity index (χ2n) is 10.2. The molecule has 0 saturated carbocycles. The Morgan fingerprint density at radius 1 is 1.11 bits per heavy atom. The van der Waals surface area contributed by atoms with Gasteiger partial charge in [-0.1, -0.05) is 18.2 Å². The number of anilines is 4. The second kappa shape index (κ2) is 10.9. The summed E-state index contributed by atoms with van der Waals surface area (Å²) in [6, 6.07) is 13.8. The van der Waals surface area contributed by atoms with Crippen molar-refractivity contribution in [1.29, 1.82) is 0 Å². The fraction of sp³-hybridized carbons (Fsp3) is 0.346. The molecule has 12 heteroatoms. The zero-order chi connectivity index (χ0) is 27.5. The fourth-order valence-corrected chi connectivity index (χ4v) is 5.58. The molecule has 0 aliphatic carbocycles. The monoisotopic (exact) mass is 539 g/mol. The van der Waals surface area contributed by atoms with Gasteiger partial charge in [0.25, 0.3) is 0 Å². The van der Waals surface area contributed by atoms with E-state index in [0.29, 0.717) is 37.1 Å². The number of benzene rings is 2. The number of rotatable bonds is 7. The van der Waals surface area contributed by atoms with Gasteiger partial charge in [-0.2, -0.15) is 4.98 Å². The van der Waals surface area contributed by atoms with Gasteiger partial charge >= 0.3 is 6.09 Å². The van der Waals surface area contributed by atoms with Crippen LogP contribution in [0.25, 0.3) is 0 Å². The molecule has 2 aromatic carbocycles. The van der Waals surface area contributed by atoms with E-state index >= 15 is 0 Å². The summed E-state index contributed by atoms with van der Waals surface area (Å²) in [5.74, 6) is 0.887. The summed E-state index contributed by atoms with van der Waals surface area (Å²) >= 11 is 0. The van der Waals surface area contributed by atoms with Crippen molar-refractivity contribution in [2.45, 2.75) is 44.2 Å². The molecule has 0 spiro atoms. The molecule has 2 heterocycles. The van der Waals surface area contributed by atoms with Crippen molar-refractivity contribution in [3.05, 3.63) is 65.9 Å². The molecule has 1 unspecified atom stereocenters. The Balaban J connectivity index is 1.49. The standard InChI is InChI=1S/C26H33N7O4S/c1-17-15-28-24(30-19-10-8-18(9-11-19)22-16-27-12-13-33(22)25(34)35)31-23(17)29-20-6-5-7-21(14-20)38(36,37)32-26(2,3)4/h5-11,14-15,22,27,32H,12-13,16H2,1-4H3,(H,34,35)(H2,28,29,30,31). The van der Waals surface area contributed by atoms with Gasteiger partial charge in [0.1, 0.15) is 5.82 Å². The van der Waals surface area contributed by atoms with Crippen LogP contribution < -0.4 is 20.7 Å². The molecule has 0 bridgehead atoms. The molecular weight excluding hydrogens is 506 g/mol. The van der Waals surface area contributed by atoms with Crippen LogP contribution in [-0.4, -0.2) is 59.7 Å². The molecule has 1 fully saturated rings. The van der Waals surface area contributed by atoms with Crippen LogP contribution in [0.4, 0.5) is 27.9 Å². The lowest BCUT2D eigenvalue weighted by atomic mass is 10.0. The molecule has 11 nitrogen and oxygen atoms in total. The lowest BCUT2D eigenvalue weighted by Crippen LogP contribution is -2.48. The number of nitrogens with one attached hydrogen (secondary N) is 4. The number of carbonyl (C=O) groups is 1. The highest BCUT2D eigenvalue weighted by Crippen LogP contribution is 2.26. The van der Waals surface area contributed by atoms with Crippen molar-refractivity contribution in [2.75, 3.05) is 30.3 Å². The first-order chi connectivity index (χ1) is 17.9. The summed E-state index contributed by atoms with van der Waals surface area (Å²) in [5, 5.41) is 19.1. The highest BCUT2D eigenvalue weighted by atomic mass is 32.2. The summed E-state index contributed by atoms with van der Waals surface area (Å²) in [4.78, 5) is 22.1. The van der Waals surface area contributed by atoms with Gasteiger partial charge in [0.15, 0.2) is 0 Å². The number of sulfonamides is 1. The topological polar surface area (TPSA) is 149 Å². The minimum atomic E-state index is -3.69. The van der Waals surface area contributed by atoms with Crippen molar-refractivity contribution in [1.82, 2.24) is 24.9 Å². The predicted molar refractivity (Wildman–Crippen MR) is 147 cm³/mol. The van der Waals surface area contributed by atoms with E-state index in [1.54, 1.807) is 51.2 Å². The molecule has 1 aliphatic rings. The average Bonchev–Trinajstić information content (AvgIpc) is 2.85. The van der Waals surface area contributed by atoms with Gasteiger partial charge in [0.2, 0.25) is 16.0 Å². The molecule has 1 saturated heterocycles. The third-order valence-electron chi connectivity index (χ3n) is 5.86. The molecule has 1 aliphatic heterocycles. The number of carboxylic acid groups (broad SMARTS) is 1. The summed E-state index contributed by atoms with van der Waals surface area (Å²) in [6.45, 7) is 8.86. The van der Waals surface area contributed by atoms with Crippen molar-refractivity contribution < 1.29 is 18.3 Å².